The number of nitrogens with one attached hydrogen (secondary N) is 1. The van der Waals surface area contributed by atoms with Crippen LogP contribution >= 0.6 is 0 Å². The SMILES string of the molecule is C[C]1C=C(N[C@@H]2CCCC[C@H]2n2c3ccccc3c3ccccc32)CCC1. The maximum Gasteiger partial charge on any atom is 0.0543 e. The van der Waals surface area contributed by atoms with Crippen molar-refractivity contribution in [3.05, 3.63) is 66.2 Å². The van der Waals surface area contributed by atoms with Crippen molar-refractivity contribution in [2.24, 2.45) is 0 Å². The number of benzene rings is 2. The van der Waals surface area contributed by atoms with E-state index in [1.807, 2.05) is 0 Å². The van der Waals surface area contributed by atoms with Gasteiger partial charge >= 0.3 is 0 Å². The predicted octanol–water partition coefficient (Wildman–Crippen LogP) is 6.53. The molecule has 0 amide bonds. The molecule has 2 aliphatic carbocycles. The van der Waals surface area contributed by atoms with E-state index in [1.54, 1.807) is 0 Å². The van der Waals surface area contributed by atoms with E-state index < -0.39 is 0 Å². The Hall–Kier alpha value is -2.22. The van der Waals surface area contributed by atoms with E-state index in [4.69, 9.17) is 0 Å². The van der Waals surface area contributed by atoms with Crippen molar-refractivity contribution in [3.63, 3.8) is 0 Å². The van der Waals surface area contributed by atoms with Gasteiger partial charge in [-0.05, 0) is 50.2 Å². The summed E-state index contributed by atoms with van der Waals surface area (Å²) in [6.45, 7) is 2.27. The Morgan fingerprint density at radius 2 is 1.48 bits per heavy atom. The Labute approximate surface area is 162 Å². The molecule has 5 rings (SSSR count). The smallest absolute Gasteiger partial charge is 0.0543 e. The van der Waals surface area contributed by atoms with Gasteiger partial charge in [0.25, 0.3) is 0 Å². The van der Waals surface area contributed by atoms with Gasteiger partial charge in [-0.1, -0.05) is 62.2 Å². The summed E-state index contributed by atoms with van der Waals surface area (Å²) < 4.78 is 2.64. The first-order valence-electron chi connectivity index (χ1n) is 10.6. The van der Waals surface area contributed by atoms with Gasteiger partial charge in [-0.3, -0.25) is 0 Å². The highest BCUT2D eigenvalue weighted by Gasteiger charge is 2.29. The number of rotatable bonds is 3. The van der Waals surface area contributed by atoms with E-state index >= 15 is 0 Å². The molecule has 2 aromatic carbocycles. The van der Waals surface area contributed by atoms with E-state index in [-0.39, 0.29) is 0 Å². The Morgan fingerprint density at radius 3 is 2.19 bits per heavy atom. The lowest BCUT2D eigenvalue weighted by Crippen LogP contribution is -2.39. The van der Waals surface area contributed by atoms with Crippen LogP contribution in [0.4, 0.5) is 0 Å². The molecule has 1 aromatic heterocycles. The fourth-order valence-corrected chi connectivity index (χ4v) is 5.25. The van der Waals surface area contributed by atoms with Crippen molar-refractivity contribution in [3.8, 4) is 0 Å². The standard InChI is InChI=1S/C25H29N2/c1-18-9-8-10-19(17-18)26-22-13-4-7-16-25(22)27-23-14-5-2-11-20(23)21-12-3-6-15-24(21)27/h2-3,5-6,11-12,14-15,17,22,25-26H,4,7-10,13,16H2,1H3/t22-,25-/m1/s1. The summed E-state index contributed by atoms with van der Waals surface area (Å²) in [5, 5.41) is 6.75. The van der Waals surface area contributed by atoms with Gasteiger partial charge in [-0.25, -0.2) is 0 Å². The van der Waals surface area contributed by atoms with E-state index in [0.29, 0.717) is 12.1 Å². The Kier molecular flexibility index (Phi) is 4.43. The van der Waals surface area contributed by atoms with Gasteiger partial charge < -0.3 is 9.88 Å². The minimum atomic E-state index is 0.520. The normalized spacial score (nSPS) is 24.3. The van der Waals surface area contributed by atoms with Gasteiger partial charge in [0.05, 0.1) is 6.04 Å². The second-order valence-corrected chi connectivity index (χ2v) is 8.38. The fraction of sp³-hybridized carbons (Fsp3) is 0.400. The summed E-state index contributed by atoms with van der Waals surface area (Å²) >= 11 is 0. The molecule has 2 atom stereocenters. The van der Waals surface area contributed by atoms with Crippen LogP contribution in [0, 0.1) is 5.92 Å². The Bertz CT molecular complexity index is 927. The Balaban J connectivity index is 1.59. The summed E-state index contributed by atoms with van der Waals surface area (Å²) in [6.07, 6.45) is 11.3. The van der Waals surface area contributed by atoms with Crippen LogP contribution in [0.3, 0.4) is 0 Å². The number of hydrogen-bond acceptors (Lipinski definition) is 1. The summed E-state index contributed by atoms with van der Waals surface area (Å²) in [4.78, 5) is 0. The van der Waals surface area contributed by atoms with Gasteiger partial charge in [0.2, 0.25) is 0 Å². The van der Waals surface area contributed by atoms with Crippen LogP contribution < -0.4 is 5.32 Å². The van der Waals surface area contributed by atoms with Crippen molar-refractivity contribution in [1.82, 2.24) is 9.88 Å². The highest BCUT2D eigenvalue weighted by Crippen LogP contribution is 2.38. The maximum atomic E-state index is 3.98. The molecule has 0 bridgehead atoms. The summed E-state index contributed by atoms with van der Waals surface area (Å²) in [6, 6.07) is 18.9. The molecule has 27 heavy (non-hydrogen) atoms. The number of fused-ring (bicyclic) bond motifs is 3. The zero-order chi connectivity index (χ0) is 18.2. The first-order chi connectivity index (χ1) is 13.3. The van der Waals surface area contributed by atoms with Crippen molar-refractivity contribution in [2.45, 2.75) is 64.0 Å². The predicted molar refractivity (Wildman–Crippen MR) is 115 cm³/mol. The van der Waals surface area contributed by atoms with Crippen LogP contribution in [0.25, 0.3) is 21.8 Å². The molecule has 1 fully saturated rings. The van der Waals surface area contributed by atoms with E-state index in [1.165, 1.54) is 78.4 Å². The van der Waals surface area contributed by atoms with Gasteiger partial charge in [0.1, 0.15) is 0 Å². The molecule has 2 heteroatoms. The van der Waals surface area contributed by atoms with Crippen LogP contribution in [-0.2, 0) is 0 Å². The first-order valence-corrected chi connectivity index (χ1v) is 10.6. The molecule has 1 radical (unpaired) electrons. The molecule has 139 valence electrons. The van der Waals surface area contributed by atoms with Gasteiger partial charge in [-0.2, -0.15) is 0 Å². The molecular weight excluding hydrogens is 328 g/mol. The van der Waals surface area contributed by atoms with E-state index in [2.05, 4.69) is 71.4 Å². The maximum absolute atomic E-state index is 3.98. The summed E-state index contributed by atoms with van der Waals surface area (Å²) in [7, 11) is 0. The van der Waals surface area contributed by atoms with Crippen LogP contribution in [0.15, 0.2) is 60.3 Å². The van der Waals surface area contributed by atoms with Crippen molar-refractivity contribution >= 4 is 21.8 Å². The topological polar surface area (TPSA) is 17.0 Å². The minimum absolute atomic E-state index is 0.520. The molecule has 2 aliphatic rings. The Morgan fingerprint density at radius 1 is 0.815 bits per heavy atom. The fourth-order valence-electron chi connectivity index (χ4n) is 5.25. The van der Waals surface area contributed by atoms with E-state index in [9.17, 15) is 0 Å². The molecule has 1 heterocycles. The molecule has 1 saturated carbocycles. The lowest BCUT2D eigenvalue weighted by molar-refractivity contribution is 0.283. The number of para-hydroxylation sites is 2. The zero-order valence-corrected chi connectivity index (χ0v) is 16.2. The number of nitrogens with zero attached hydrogens (tertiary/aromatic N) is 1. The quantitative estimate of drug-likeness (QED) is 0.564. The van der Waals surface area contributed by atoms with Crippen LogP contribution in [0.2, 0.25) is 0 Å². The number of aromatic nitrogens is 1. The number of hydrogen-bond donors (Lipinski definition) is 1. The second kappa shape index (κ2) is 7.07. The van der Waals surface area contributed by atoms with Crippen molar-refractivity contribution in [1.29, 1.82) is 0 Å². The third kappa shape index (κ3) is 3.05. The average Bonchev–Trinajstić information content (AvgIpc) is 3.03. The minimum Gasteiger partial charge on any atom is -0.384 e. The molecule has 2 nitrogen and oxygen atoms in total. The van der Waals surface area contributed by atoms with Gasteiger partial charge in [0.15, 0.2) is 0 Å². The van der Waals surface area contributed by atoms with Gasteiger partial charge in [0, 0.05) is 33.5 Å². The molecule has 3 aromatic rings. The van der Waals surface area contributed by atoms with Crippen LogP contribution in [0.5, 0.6) is 0 Å². The zero-order valence-electron chi connectivity index (χ0n) is 16.2. The molecule has 0 saturated heterocycles. The lowest BCUT2D eigenvalue weighted by Gasteiger charge is -2.36. The van der Waals surface area contributed by atoms with Gasteiger partial charge in [-0.15, -0.1) is 0 Å². The monoisotopic (exact) mass is 357 g/mol. The third-order valence-corrected chi connectivity index (χ3v) is 6.49. The van der Waals surface area contributed by atoms with Crippen molar-refractivity contribution in [2.75, 3.05) is 0 Å². The highest BCUT2D eigenvalue weighted by molar-refractivity contribution is 6.08. The highest BCUT2D eigenvalue weighted by atomic mass is 15.1. The molecular formula is C25H29N2. The van der Waals surface area contributed by atoms with Crippen molar-refractivity contribution < 1.29 is 0 Å². The lowest BCUT2D eigenvalue weighted by atomic mass is 9.88. The molecule has 0 aliphatic heterocycles. The summed E-state index contributed by atoms with van der Waals surface area (Å²) in [5.74, 6) is 1.52. The second-order valence-electron chi connectivity index (χ2n) is 8.38. The molecule has 0 spiro atoms. The number of allylic oxidation sites excluding steroid dienone is 2. The average molecular weight is 358 g/mol. The van der Waals surface area contributed by atoms with E-state index in [0.717, 1.165) is 0 Å². The third-order valence-electron chi connectivity index (χ3n) is 6.49. The summed E-state index contributed by atoms with van der Waals surface area (Å²) in [5.41, 5.74) is 4.23. The van der Waals surface area contributed by atoms with Crippen LogP contribution in [0.1, 0.15) is 57.9 Å². The van der Waals surface area contributed by atoms with Crippen LogP contribution in [-0.4, -0.2) is 10.6 Å². The largest absolute Gasteiger partial charge is 0.384 e. The molecule has 1 N–H and O–H groups in total. The molecule has 0 unspecified atom stereocenters. The first kappa shape index (κ1) is 16.9.